The van der Waals surface area contributed by atoms with Crippen LogP contribution in [0.1, 0.15) is 81.1 Å². The molecular weight excluding hydrogens is 428 g/mol. The van der Waals surface area contributed by atoms with E-state index in [0.717, 1.165) is 0 Å². The Morgan fingerprint density at radius 2 is 0.667 bits per heavy atom. The minimum absolute atomic E-state index is 0.217. The third-order valence-electron chi connectivity index (χ3n) is 6.14. The van der Waals surface area contributed by atoms with Crippen LogP contribution in [0.5, 0.6) is 0 Å². The maximum Gasteiger partial charge on any atom is 0.308 e. The van der Waals surface area contributed by atoms with Crippen molar-refractivity contribution in [3.8, 4) is 0 Å². The topological polar surface area (TPSA) is 105 Å². The summed E-state index contributed by atoms with van der Waals surface area (Å²) in [6.07, 6.45) is 2.39. The summed E-state index contributed by atoms with van der Waals surface area (Å²) >= 11 is 0. The number of hydrogen-bond acceptors (Lipinski definition) is 8. The lowest BCUT2D eigenvalue weighted by atomic mass is 9.91. The Morgan fingerprint density at radius 3 is 0.818 bits per heavy atom. The Balaban J connectivity index is 5.79. The molecule has 0 bridgehead atoms. The molecule has 4 unspecified atom stereocenters. The second kappa shape index (κ2) is 15.7. The van der Waals surface area contributed by atoms with Gasteiger partial charge in [0.15, 0.2) is 0 Å². The molecule has 0 amide bonds. The summed E-state index contributed by atoms with van der Waals surface area (Å²) in [6, 6.07) is 0. The molecule has 192 valence electrons. The molecule has 0 saturated carbocycles. The summed E-state index contributed by atoms with van der Waals surface area (Å²) in [5.74, 6) is -2.97. The molecule has 0 aromatic heterocycles. The van der Waals surface area contributed by atoms with Gasteiger partial charge in [-0.2, -0.15) is 0 Å². The maximum atomic E-state index is 12.4. The monoisotopic (exact) mass is 472 g/mol. The van der Waals surface area contributed by atoms with Gasteiger partial charge < -0.3 is 18.9 Å². The fourth-order valence-electron chi connectivity index (χ4n) is 2.38. The summed E-state index contributed by atoms with van der Waals surface area (Å²) in [4.78, 5) is 49.4. The molecule has 0 N–H and O–H groups in total. The van der Waals surface area contributed by atoms with E-state index in [1.54, 1.807) is 27.7 Å². The molecule has 0 aliphatic carbocycles. The first kappa shape index (κ1) is 30.9. The highest BCUT2D eigenvalue weighted by molar-refractivity contribution is 5.73. The van der Waals surface area contributed by atoms with Crippen molar-refractivity contribution in [3.63, 3.8) is 0 Å². The molecule has 0 aromatic carbocycles. The van der Waals surface area contributed by atoms with E-state index in [0.29, 0.717) is 25.7 Å². The fourth-order valence-corrected chi connectivity index (χ4v) is 2.38. The molecule has 0 saturated heterocycles. The molecule has 0 spiro atoms. The van der Waals surface area contributed by atoms with Crippen molar-refractivity contribution < 1.29 is 38.1 Å². The third kappa shape index (κ3) is 11.0. The quantitative estimate of drug-likeness (QED) is 0.241. The zero-order valence-electron chi connectivity index (χ0n) is 21.7. The van der Waals surface area contributed by atoms with Gasteiger partial charge >= 0.3 is 23.9 Å². The average molecular weight is 473 g/mol. The fraction of sp³-hybridized carbons (Fsp3) is 0.840. The molecule has 0 aromatic rings. The number of esters is 4. The zero-order valence-corrected chi connectivity index (χ0v) is 21.7. The first-order valence-electron chi connectivity index (χ1n) is 12.1. The summed E-state index contributed by atoms with van der Waals surface area (Å²) in [5, 5.41) is 0. The summed E-state index contributed by atoms with van der Waals surface area (Å²) < 4.78 is 22.0. The highest BCUT2D eigenvalue weighted by atomic mass is 16.6. The van der Waals surface area contributed by atoms with E-state index in [2.05, 4.69) is 0 Å². The van der Waals surface area contributed by atoms with Crippen LogP contribution in [0, 0.1) is 29.1 Å². The van der Waals surface area contributed by atoms with Gasteiger partial charge in [-0.15, -0.1) is 0 Å². The zero-order chi connectivity index (χ0) is 25.6. The lowest BCUT2D eigenvalue weighted by Gasteiger charge is -2.33. The van der Waals surface area contributed by atoms with Crippen LogP contribution in [-0.2, 0) is 38.1 Å². The van der Waals surface area contributed by atoms with Gasteiger partial charge in [-0.1, -0.05) is 55.4 Å². The van der Waals surface area contributed by atoms with Gasteiger partial charge in [-0.3, -0.25) is 19.2 Å². The molecule has 8 heteroatoms. The van der Waals surface area contributed by atoms with Crippen molar-refractivity contribution in [2.24, 2.45) is 29.1 Å². The minimum atomic E-state index is -1.21. The Labute approximate surface area is 199 Å². The number of hydrogen-bond donors (Lipinski definition) is 0. The van der Waals surface area contributed by atoms with Crippen LogP contribution in [0.4, 0.5) is 0 Å². The van der Waals surface area contributed by atoms with E-state index in [4.69, 9.17) is 18.9 Å². The highest BCUT2D eigenvalue weighted by Crippen LogP contribution is 2.24. The lowest BCUT2D eigenvalue weighted by molar-refractivity contribution is -0.175. The highest BCUT2D eigenvalue weighted by Gasteiger charge is 2.39. The molecule has 0 heterocycles. The van der Waals surface area contributed by atoms with Crippen molar-refractivity contribution in [1.82, 2.24) is 0 Å². The van der Waals surface area contributed by atoms with Crippen LogP contribution in [-0.4, -0.2) is 50.3 Å². The average Bonchev–Trinajstić information content (AvgIpc) is 2.84. The number of ether oxygens (including phenoxy) is 4. The smallest absolute Gasteiger partial charge is 0.308 e. The maximum absolute atomic E-state index is 12.4. The number of carbonyl (C=O) groups excluding carboxylic acids is 4. The molecule has 0 aliphatic heterocycles. The molecule has 0 aliphatic rings. The largest absolute Gasteiger partial charge is 0.464 e. The Morgan fingerprint density at radius 1 is 0.485 bits per heavy atom. The van der Waals surface area contributed by atoms with Crippen molar-refractivity contribution in [2.75, 3.05) is 26.4 Å². The summed E-state index contributed by atoms with van der Waals surface area (Å²) in [5.41, 5.74) is -1.21. The van der Waals surface area contributed by atoms with Crippen molar-refractivity contribution in [2.45, 2.75) is 81.1 Å². The predicted octanol–water partition coefficient (Wildman–Crippen LogP) is 4.33. The van der Waals surface area contributed by atoms with E-state index in [1.165, 1.54) is 0 Å². The van der Waals surface area contributed by atoms with Crippen molar-refractivity contribution >= 4 is 23.9 Å². The van der Waals surface area contributed by atoms with E-state index >= 15 is 0 Å². The molecular formula is C25H44O8. The van der Waals surface area contributed by atoms with Gasteiger partial charge in [0.25, 0.3) is 0 Å². The van der Waals surface area contributed by atoms with Crippen LogP contribution in [0.25, 0.3) is 0 Å². The Bertz CT molecular complexity index is 520. The van der Waals surface area contributed by atoms with Gasteiger partial charge in [0.05, 0.1) is 23.7 Å². The van der Waals surface area contributed by atoms with Crippen LogP contribution >= 0.6 is 0 Å². The predicted molar refractivity (Wildman–Crippen MR) is 124 cm³/mol. The first-order chi connectivity index (χ1) is 15.5. The second-order valence-corrected chi connectivity index (χ2v) is 9.17. The standard InChI is InChI=1S/C25H44O8/c1-9-17(5)21(26)30-13-25(14-31-22(27)18(6)10-2,15-32-23(28)19(7)11-3)16-33-24(29)20(8)12-4/h17-20H,9-16H2,1-8H3. The van der Waals surface area contributed by atoms with E-state index in [1.807, 2.05) is 27.7 Å². The van der Waals surface area contributed by atoms with E-state index in [-0.39, 0.29) is 50.1 Å². The SMILES string of the molecule is CCC(C)C(=O)OCC(COC(=O)C(C)CC)(COC(=O)C(C)CC)COC(=O)C(C)CC. The number of carbonyl (C=O) groups is 4. The van der Waals surface area contributed by atoms with Crippen molar-refractivity contribution in [1.29, 1.82) is 0 Å². The summed E-state index contributed by atoms with van der Waals surface area (Å²) in [6.45, 7) is 13.6. The van der Waals surface area contributed by atoms with Crippen LogP contribution in [0.15, 0.2) is 0 Å². The van der Waals surface area contributed by atoms with Gasteiger partial charge in [0.1, 0.15) is 31.8 Å². The van der Waals surface area contributed by atoms with Gasteiger partial charge in [0, 0.05) is 0 Å². The minimum Gasteiger partial charge on any atom is -0.464 e. The van der Waals surface area contributed by atoms with Crippen molar-refractivity contribution in [3.05, 3.63) is 0 Å². The van der Waals surface area contributed by atoms with Crippen LogP contribution < -0.4 is 0 Å². The van der Waals surface area contributed by atoms with Gasteiger partial charge in [-0.05, 0) is 25.7 Å². The number of rotatable bonds is 16. The Hall–Kier alpha value is -2.12. The van der Waals surface area contributed by atoms with E-state index in [9.17, 15) is 19.2 Å². The summed E-state index contributed by atoms with van der Waals surface area (Å²) in [7, 11) is 0. The molecule has 33 heavy (non-hydrogen) atoms. The Kier molecular flexibility index (Phi) is 14.7. The molecule has 0 radical (unpaired) electrons. The van der Waals surface area contributed by atoms with Gasteiger partial charge in [0.2, 0.25) is 0 Å². The molecule has 4 atom stereocenters. The van der Waals surface area contributed by atoms with E-state index < -0.39 is 29.3 Å². The first-order valence-corrected chi connectivity index (χ1v) is 12.1. The van der Waals surface area contributed by atoms with Crippen LogP contribution in [0.3, 0.4) is 0 Å². The normalized spacial score (nSPS) is 16.5. The second-order valence-electron chi connectivity index (χ2n) is 9.17. The molecule has 8 nitrogen and oxygen atoms in total. The third-order valence-corrected chi connectivity index (χ3v) is 6.14. The van der Waals surface area contributed by atoms with Crippen LogP contribution in [0.2, 0.25) is 0 Å². The molecule has 0 rings (SSSR count). The van der Waals surface area contributed by atoms with Gasteiger partial charge in [-0.25, -0.2) is 0 Å². The lowest BCUT2D eigenvalue weighted by Crippen LogP contribution is -2.45. The molecule has 0 fully saturated rings.